The molecule has 0 unspecified atom stereocenters. The topological polar surface area (TPSA) is 46.3 Å². The molecule has 1 aromatic heterocycles. The van der Waals surface area contributed by atoms with Crippen molar-refractivity contribution in [1.29, 1.82) is 0 Å². The normalized spacial score (nSPS) is 15.9. The van der Waals surface area contributed by atoms with Crippen molar-refractivity contribution in [3.63, 3.8) is 0 Å². The lowest BCUT2D eigenvalue weighted by Crippen LogP contribution is -2.22. The summed E-state index contributed by atoms with van der Waals surface area (Å²) in [5.41, 5.74) is 3.65. The molecule has 0 atom stereocenters. The first-order valence-electron chi connectivity index (χ1n) is 9.01. The van der Waals surface area contributed by atoms with E-state index in [1.165, 1.54) is 12.8 Å². The lowest BCUT2D eigenvalue weighted by Gasteiger charge is -2.19. The molecule has 0 amide bonds. The summed E-state index contributed by atoms with van der Waals surface area (Å²) in [6, 6.07) is 13.6. The van der Waals surface area contributed by atoms with Crippen molar-refractivity contribution in [2.24, 2.45) is 4.99 Å². The second kappa shape index (κ2) is 6.66. The third-order valence-corrected chi connectivity index (χ3v) is 5.63. The number of halogens is 2. The van der Waals surface area contributed by atoms with Gasteiger partial charge in [0.05, 0.1) is 11.4 Å². The SMILES string of the molecule is Clc1ccc2c(c1)C(c1ccccc1Cl)=NCc1nnc(N3CCCC3)n1-2. The Labute approximate surface area is 167 Å². The van der Waals surface area contributed by atoms with Crippen LogP contribution in [0.25, 0.3) is 5.69 Å². The first-order chi connectivity index (χ1) is 13.2. The minimum absolute atomic E-state index is 0.438. The van der Waals surface area contributed by atoms with E-state index < -0.39 is 0 Å². The highest BCUT2D eigenvalue weighted by Gasteiger charge is 2.27. The maximum Gasteiger partial charge on any atom is 0.231 e. The molecule has 3 heterocycles. The Kier molecular flexibility index (Phi) is 4.14. The number of fused-ring (bicyclic) bond motifs is 3. The van der Waals surface area contributed by atoms with Gasteiger partial charge in [0.2, 0.25) is 5.95 Å². The van der Waals surface area contributed by atoms with Gasteiger partial charge in [0.25, 0.3) is 0 Å². The molecule has 0 radical (unpaired) electrons. The predicted octanol–water partition coefficient (Wildman–Crippen LogP) is 4.53. The fourth-order valence-electron chi connectivity index (χ4n) is 3.79. The Bertz CT molecular complexity index is 1050. The van der Waals surface area contributed by atoms with Gasteiger partial charge < -0.3 is 4.90 Å². The molecule has 136 valence electrons. The molecule has 27 heavy (non-hydrogen) atoms. The van der Waals surface area contributed by atoms with Crippen molar-refractivity contribution < 1.29 is 0 Å². The molecule has 0 N–H and O–H groups in total. The smallest absolute Gasteiger partial charge is 0.231 e. The number of rotatable bonds is 2. The summed E-state index contributed by atoms with van der Waals surface area (Å²) in [7, 11) is 0. The molecule has 0 spiro atoms. The van der Waals surface area contributed by atoms with Crippen LogP contribution in [0.3, 0.4) is 0 Å². The zero-order valence-electron chi connectivity index (χ0n) is 14.6. The monoisotopic (exact) mass is 397 g/mol. The third kappa shape index (κ3) is 2.82. The molecule has 0 bridgehead atoms. The number of hydrogen-bond donors (Lipinski definition) is 0. The van der Waals surface area contributed by atoms with E-state index in [2.05, 4.69) is 19.7 Å². The van der Waals surface area contributed by atoms with Crippen molar-refractivity contribution >= 4 is 34.9 Å². The van der Waals surface area contributed by atoms with E-state index in [4.69, 9.17) is 28.2 Å². The second-order valence-corrected chi connectivity index (χ2v) is 7.60. The van der Waals surface area contributed by atoms with Gasteiger partial charge in [-0.2, -0.15) is 0 Å². The van der Waals surface area contributed by atoms with Crippen LogP contribution in [0.1, 0.15) is 29.8 Å². The van der Waals surface area contributed by atoms with Crippen LogP contribution in [0.2, 0.25) is 10.0 Å². The van der Waals surface area contributed by atoms with E-state index >= 15 is 0 Å². The van der Waals surface area contributed by atoms with Gasteiger partial charge >= 0.3 is 0 Å². The van der Waals surface area contributed by atoms with Gasteiger partial charge in [-0.25, -0.2) is 0 Å². The molecule has 7 heteroatoms. The Balaban J connectivity index is 1.73. The minimum atomic E-state index is 0.438. The second-order valence-electron chi connectivity index (χ2n) is 6.75. The predicted molar refractivity (Wildman–Crippen MR) is 109 cm³/mol. The molecule has 3 aromatic rings. The first kappa shape index (κ1) is 16.8. The number of anilines is 1. The Morgan fingerprint density at radius 1 is 0.889 bits per heavy atom. The molecule has 5 rings (SSSR count). The van der Waals surface area contributed by atoms with Gasteiger partial charge in [-0.1, -0.05) is 41.4 Å². The zero-order valence-corrected chi connectivity index (χ0v) is 16.1. The van der Waals surface area contributed by atoms with Gasteiger partial charge in [0.15, 0.2) is 5.82 Å². The van der Waals surface area contributed by atoms with E-state index in [1.807, 2.05) is 42.5 Å². The van der Waals surface area contributed by atoms with E-state index in [1.54, 1.807) is 0 Å². The van der Waals surface area contributed by atoms with E-state index in [9.17, 15) is 0 Å². The molecule has 2 aliphatic rings. The van der Waals surface area contributed by atoms with Crippen LogP contribution < -0.4 is 4.90 Å². The van der Waals surface area contributed by atoms with Crippen molar-refractivity contribution in [3.8, 4) is 5.69 Å². The summed E-state index contributed by atoms with van der Waals surface area (Å²) in [6.45, 7) is 2.44. The van der Waals surface area contributed by atoms with E-state index in [0.29, 0.717) is 16.6 Å². The number of hydrogen-bond acceptors (Lipinski definition) is 4. The van der Waals surface area contributed by atoms with Gasteiger partial charge in [0.1, 0.15) is 6.54 Å². The largest absolute Gasteiger partial charge is 0.341 e. The van der Waals surface area contributed by atoms with E-state index in [-0.39, 0.29) is 0 Å². The molecular formula is C20H17Cl2N5. The van der Waals surface area contributed by atoms with Crippen molar-refractivity contribution in [2.75, 3.05) is 18.0 Å². The van der Waals surface area contributed by atoms with Crippen LogP contribution in [0.5, 0.6) is 0 Å². The quantitative estimate of drug-likeness (QED) is 0.638. The molecule has 5 nitrogen and oxygen atoms in total. The molecular weight excluding hydrogens is 381 g/mol. The lowest BCUT2D eigenvalue weighted by molar-refractivity contribution is 0.843. The summed E-state index contributed by atoms with van der Waals surface area (Å²) >= 11 is 12.8. The van der Waals surface area contributed by atoms with E-state index in [0.717, 1.165) is 47.4 Å². The zero-order chi connectivity index (χ0) is 18.4. The Hall–Kier alpha value is -2.37. The summed E-state index contributed by atoms with van der Waals surface area (Å²) in [5.74, 6) is 1.70. The Morgan fingerprint density at radius 2 is 1.70 bits per heavy atom. The average Bonchev–Trinajstić information content (AvgIpc) is 3.30. The van der Waals surface area contributed by atoms with Crippen molar-refractivity contribution in [2.45, 2.75) is 19.4 Å². The highest BCUT2D eigenvalue weighted by molar-refractivity contribution is 6.36. The number of aromatic nitrogens is 3. The fraction of sp³-hybridized carbons (Fsp3) is 0.250. The third-order valence-electron chi connectivity index (χ3n) is 5.06. The molecule has 1 fully saturated rings. The summed E-state index contributed by atoms with van der Waals surface area (Å²) < 4.78 is 2.12. The highest BCUT2D eigenvalue weighted by Crippen LogP contribution is 2.32. The van der Waals surface area contributed by atoms with Crippen molar-refractivity contribution in [3.05, 3.63) is 69.5 Å². The fourth-order valence-corrected chi connectivity index (χ4v) is 4.19. The average molecular weight is 398 g/mol. The molecule has 0 saturated carbocycles. The van der Waals surface area contributed by atoms with Crippen LogP contribution in [0.15, 0.2) is 47.5 Å². The highest BCUT2D eigenvalue weighted by atomic mass is 35.5. The van der Waals surface area contributed by atoms with Crippen LogP contribution in [0.4, 0.5) is 5.95 Å². The van der Waals surface area contributed by atoms with Crippen LogP contribution >= 0.6 is 23.2 Å². The number of aliphatic imine (C=N–C) groups is 1. The van der Waals surface area contributed by atoms with Gasteiger partial charge in [-0.3, -0.25) is 9.56 Å². The van der Waals surface area contributed by atoms with Gasteiger partial charge in [0, 0.05) is 34.3 Å². The van der Waals surface area contributed by atoms with Crippen LogP contribution in [0, 0.1) is 0 Å². The van der Waals surface area contributed by atoms with Crippen LogP contribution in [-0.2, 0) is 6.54 Å². The minimum Gasteiger partial charge on any atom is -0.341 e. The summed E-state index contributed by atoms with van der Waals surface area (Å²) in [4.78, 5) is 7.14. The van der Waals surface area contributed by atoms with Gasteiger partial charge in [-0.05, 0) is 37.1 Å². The van der Waals surface area contributed by atoms with Gasteiger partial charge in [-0.15, -0.1) is 10.2 Å². The summed E-state index contributed by atoms with van der Waals surface area (Å²) in [6.07, 6.45) is 2.36. The maximum absolute atomic E-state index is 6.48. The van der Waals surface area contributed by atoms with Crippen LogP contribution in [-0.4, -0.2) is 33.6 Å². The molecule has 2 aromatic carbocycles. The molecule has 1 saturated heterocycles. The number of nitrogens with zero attached hydrogens (tertiary/aromatic N) is 5. The van der Waals surface area contributed by atoms with Crippen molar-refractivity contribution in [1.82, 2.24) is 14.8 Å². The maximum atomic E-state index is 6.48. The first-order valence-corrected chi connectivity index (χ1v) is 9.77. The lowest BCUT2D eigenvalue weighted by atomic mass is 10.0. The molecule has 0 aliphatic carbocycles. The summed E-state index contributed by atoms with van der Waals surface area (Å²) in [5, 5.41) is 10.2. The number of benzene rings is 2. The Morgan fingerprint density at radius 3 is 2.52 bits per heavy atom. The molecule has 2 aliphatic heterocycles. The standard InChI is InChI=1S/C20H17Cl2N5/c21-13-7-8-17-15(11-13)19(14-5-1-2-6-16(14)22)23-12-18-24-25-20(27(17)18)26-9-3-4-10-26/h1-2,5-8,11H,3-4,9-10,12H2.